The molecule has 1 fully saturated rings. The van der Waals surface area contributed by atoms with Crippen LogP contribution in [0.1, 0.15) is 0 Å². The third kappa shape index (κ3) is 2.67. The maximum Gasteiger partial charge on any atom is 0.313 e. The molecule has 0 aromatic carbocycles. The molecule has 0 radical (unpaired) electrons. The zero-order valence-corrected chi connectivity index (χ0v) is 14.1. The third-order valence-electron chi connectivity index (χ3n) is 3.82. The average Bonchev–Trinajstić information content (AvgIpc) is 2.38. The van der Waals surface area contributed by atoms with E-state index in [4.69, 9.17) is 14.2 Å². The SMILES string of the molecule is C=C1[C@H](C(=O)OC)[C@H](C(=O)OC)[C@@]1(C[Si](C)(C)C)OC. The zero-order valence-electron chi connectivity index (χ0n) is 13.1. The van der Waals surface area contributed by atoms with E-state index >= 15 is 0 Å². The van der Waals surface area contributed by atoms with E-state index in [-0.39, 0.29) is 0 Å². The van der Waals surface area contributed by atoms with Gasteiger partial charge in [-0.15, -0.1) is 0 Å². The molecule has 1 aliphatic carbocycles. The lowest BCUT2D eigenvalue weighted by atomic mass is 9.58. The van der Waals surface area contributed by atoms with Crippen LogP contribution in [-0.4, -0.2) is 46.9 Å². The normalized spacial score (nSPS) is 29.6. The predicted octanol–water partition coefficient (Wildman–Crippen LogP) is 1.86. The fourth-order valence-corrected chi connectivity index (χ4v) is 5.20. The second-order valence-electron chi connectivity index (χ2n) is 6.36. The average molecular weight is 300 g/mol. The van der Waals surface area contributed by atoms with Crippen LogP contribution >= 0.6 is 0 Å². The van der Waals surface area contributed by atoms with Crippen molar-refractivity contribution in [3.63, 3.8) is 0 Å². The summed E-state index contributed by atoms with van der Waals surface area (Å²) in [6, 6.07) is 0.711. The number of methoxy groups -OCH3 is 3. The fraction of sp³-hybridized carbons (Fsp3) is 0.714. The van der Waals surface area contributed by atoms with Gasteiger partial charge in [0.1, 0.15) is 11.5 Å². The molecule has 6 heteroatoms. The lowest BCUT2D eigenvalue weighted by Crippen LogP contribution is -2.65. The number of hydrogen-bond acceptors (Lipinski definition) is 5. The van der Waals surface area contributed by atoms with Crippen molar-refractivity contribution in [2.24, 2.45) is 11.8 Å². The van der Waals surface area contributed by atoms with E-state index in [1.807, 2.05) is 0 Å². The van der Waals surface area contributed by atoms with E-state index in [0.29, 0.717) is 11.6 Å². The van der Waals surface area contributed by atoms with Crippen LogP contribution in [0, 0.1) is 11.8 Å². The molecule has 0 saturated heterocycles. The minimum Gasteiger partial charge on any atom is -0.469 e. The molecule has 5 nitrogen and oxygen atoms in total. The predicted molar refractivity (Wildman–Crippen MR) is 78.0 cm³/mol. The molecule has 0 aliphatic heterocycles. The molecule has 0 heterocycles. The van der Waals surface area contributed by atoms with Gasteiger partial charge in [-0.3, -0.25) is 9.59 Å². The van der Waals surface area contributed by atoms with Gasteiger partial charge in [0.05, 0.1) is 20.1 Å². The molecule has 20 heavy (non-hydrogen) atoms. The molecule has 0 bridgehead atoms. The minimum absolute atomic E-state index is 0.451. The summed E-state index contributed by atoms with van der Waals surface area (Å²) in [7, 11) is 2.62. The van der Waals surface area contributed by atoms with Crippen LogP contribution in [0.2, 0.25) is 25.7 Å². The fourth-order valence-electron chi connectivity index (χ4n) is 3.04. The van der Waals surface area contributed by atoms with Gasteiger partial charge in [0.25, 0.3) is 0 Å². The Hall–Kier alpha value is -1.14. The highest BCUT2D eigenvalue weighted by molar-refractivity contribution is 6.76. The molecule has 0 N–H and O–H groups in total. The highest BCUT2D eigenvalue weighted by atomic mass is 28.3. The highest BCUT2D eigenvalue weighted by Crippen LogP contribution is 2.55. The number of rotatable bonds is 5. The summed E-state index contributed by atoms with van der Waals surface area (Å²) in [5.74, 6) is -2.27. The van der Waals surface area contributed by atoms with Crippen LogP contribution in [0.4, 0.5) is 0 Å². The molecule has 0 spiro atoms. The van der Waals surface area contributed by atoms with Crippen molar-refractivity contribution in [1.82, 2.24) is 0 Å². The van der Waals surface area contributed by atoms with Crippen LogP contribution in [0.3, 0.4) is 0 Å². The first-order valence-corrected chi connectivity index (χ1v) is 10.3. The molecular formula is C14H24O5Si. The molecule has 114 valence electrons. The van der Waals surface area contributed by atoms with Crippen molar-refractivity contribution in [2.75, 3.05) is 21.3 Å². The Morgan fingerprint density at radius 3 is 2.00 bits per heavy atom. The minimum atomic E-state index is -1.55. The number of esters is 2. The van der Waals surface area contributed by atoms with Crippen molar-refractivity contribution < 1.29 is 23.8 Å². The van der Waals surface area contributed by atoms with Gasteiger partial charge in [-0.05, 0) is 11.6 Å². The summed E-state index contributed by atoms with van der Waals surface area (Å²) < 4.78 is 15.3. The van der Waals surface area contributed by atoms with Crippen molar-refractivity contribution in [3.8, 4) is 0 Å². The van der Waals surface area contributed by atoms with Crippen molar-refractivity contribution in [3.05, 3.63) is 12.2 Å². The van der Waals surface area contributed by atoms with Gasteiger partial charge >= 0.3 is 11.9 Å². The summed E-state index contributed by atoms with van der Waals surface area (Å²) in [5, 5.41) is 0. The standard InChI is InChI=1S/C14H24O5Si/c1-9-10(12(15)17-2)11(13(16)18-3)14(9,19-4)8-20(5,6)7/h10-11H,1,8H2,2-7H3/t10-,11+,14-/m0/s1. The van der Waals surface area contributed by atoms with E-state index in [0.717, 1.165) is 0 Å². The monoisotopic (exact) mass is 300 g/mol. The number of carbonyl (C=O) groups excluding carboxylic acids is 2. The quantitative estimate of drug-likeness (QED) is 0.440. The Morgan fingerprint density at radius 2 is 1.65 bits per heavy atom. The molecular weight excluding hydrogens is 276 g/mol. The largest absolute Gasteiger partial charge is 0.469 e. The summed E-state index contributed by atoms with van der Waals surface area (Å²) >= 11 is 0. The van der Waals surface area contributed by atoms with Gasteiger partial charge in [-0.2, -0.15) is 0 Å². The summed E-state index contributed by atoms with van der Waals surface area (Å²) in [6.07, 6.45) is 0. The van der Waals surface area contributed by atoms with Crippen LogP contribution in [0.25, 0.3) is 0 Å². The van der Waals surface area contributed by atoms with E-state index in [1.165, 1.54) is 14.2 Å². The maximum absolute atomic E-state index is 12.1. The number of hydrogen-bond donors (Lipinski definition) is 0. The molecule has 0 aromatic rings. The molecule has 1 saturated carbocycles. The van der Waals surface area contributed by atoms with E-state index < -0.39 is 37.4 Å². The number of ether oxygens (including phenoxy) is 3. The zero-order chi connectivity index (χ0) is 15.7. The Labute approximate surface area is 121 Å². The Balaban J connectivity index is 3.20. The Morgan fingerprint density at radius 1 is 1.15 bits per heavy atom. The van der Waals surface area contributed by atoms with Crippen molar-refractivity contribution >= 4 is 20.0 Å². The van der Waals surface area contributed by atoms with Crippen LogP contribution in [0.15, 0.2) is 12.2 Å². The van der Waals surface area contributed by atoms with Crippen LogP contribution < -0.4 is 0 Å². The van der Waals surface area contributed by atoms with Crippen LogP contribution in [0.5, 0.6) is 0 Å². The molecule has 1 aliphatic rings. The Kier molecular flexibility index (Phi) is 4.81. The highest BCUT2D eigenvalue weighted by Gasteiger charge is 2.65. The third-order valence-corrected chi connectivity index (χ3v) is 5.41. The molecule has 0 amide bonds. The van der Waals surface area contributed by atoms with Crippen LogP contribution in [-0.2, 0) is 23.8 Å². The Bertz CT molecular complexity index is 426. The molecule has 0 unspecified atom stereocenters. The molecule has 1 rings (SSSR count). The van der Waals surface area contributed by atoms with E-state index in [2.05, 4.69) is 26.2 Å². The smallest absolute Gasteiger partial charge is 0.313 e. The summed E-state index contributed by atoms with van der Waals surface area (Å²) in [4.78, 5) is 24.0. The van der Waals surface area contributed by atoms with Gasteiger partial charge < -0.3 is 14.2 Å². The maximum atomic E-state index is 12.1. The van der Waals surface area contributed by atoms with Crippen molar-refractivity contribution in [1.29, 1.82) is 0 Å². The van der Waals surface area contributed by atoms with Gasteiger partial charge in [0.15, 0.2) is 0 Å². The second kappa shape index (κ2) is 5.69. The first-order valence-electron chi connectivity index (χ1n) is 6.54. The van der Waals surface area contributed by atoms with E-state index in [1.54, 1.807) is 7.11 Å². The lowest BCUT2D eigenvalue weighted by molar-refractivity contribution is -0.180. The van der Waals surface area contributed by atoms with Crippen molar-refractivity contribution in [2.45, 2.75) is 31.3 Å². The van der Waals surface area contributed by atoms with Gasteiger partial charge in [0, 0.05) is 15.2 Å². The summed E-state index contributed by atoms with van der Waals surface area (Å²) in [6.45, 7) is 10.5. The number of carbonyl (C=O) groups is 2. The molecule has 3 atom stereocenters. The molecule has 0 aromatic heterocycles. The summed E-state index contributed by atoms with van der Waals surface area (Å²) in [5.41, 5.74) is -0.194. The van der Waals surface area contributed by atoms with Gasteiger partial charge in [-0.1, -0.05) is 26.2 Å². The topological polar surface area (TPSA) is 61.8 Å². The second-order valence-corrected chi connectivity index (χ2v) is 11.8. The van der Waals surface area contributed by atoms with Gasteiger partial charge in [-0.25, -0.2) is 0 Å². The lowest BCUT2D eigenvalue weighted by Gasteiger charge is -2.54. The van der Waals surface area contributed by atoms with E-state index in [9.17, 15) is 9.59 Å². The first kappa shape index (κ1) is 16.9. The van der Waals surface area contributed by atoms with Gasteiger partial charge in [0.2, 0.25) is 0 Å². The first-order chi connectivity index (χ1) is 9.14.